The van der Waals surface area contributed by atoms with Crippen LogP contribution in [0.5, 0.6) is 0 Å². The van der Waals surface area contributed by atoms with Crippen LogP contribution in [0.2, 0.25) is 0 Å². The van der Waals surface area contributed by atoms with E-state index < -0.39 is 0 Å². The van der Waals surface area contributed by atoms with E-state index in [2.05, 4.69) is 11.8 Å². The first-order valence-electron chi connectivity index (χ1n) is 7.19. The molecule has 2 unspecified atom stereocenters. The molecule has 0 aromatic carbocycles. The molecule has 1 fully saturated rings. The van der Waals surface area contributed by atoms with Gasteiger partial charge in [-0.1, -0.05) is 26.2 Å². The van der Waals surface area contributed by atoms with Crippen molar-refractivity contribution in [3.05, 3.63) is 0 Å². The van der Waals surface area contributed by atoms with Gasteiger partial charge >= 0.3 is 5.97 Å². The molecule has 0 radical (unpaired) electrons. The Labute approximate surface area is 110 Å². The Kier molecular flexibility index (Phi) is 7.28. The maximum atomic E-state index is 11.9. The highest BCUT2D eigenvalue weighted by molar-refractivity contribution is 5.75. The quantitative estimate of drug-likeness (QED) is 0.708. The smallest absolute Gasteiger partial charge is 0.323 e. The number of esters is 1. The zero-order valence-corrected chi connectivity index (χ0v) is 11.7. The van der Waals surface area contributed by atoms with Gasteiger partial charge in [-0.3, -0.25) is 9.69 Å². The van der Waals surface area contributed by atoms with Gasteiger partial charge in [-0.2, -0.15) is 0 Å². The van der Waals surface area contributed by atoms with Crippen LogP contribution in [0.3, 0.4) is 0 Å². The van der Waals surface area contributed by atoms with Gasteiger partial charge in [0.05, 0.1) is 7.11 Å². The molecule has 0 aromatic heterocycles. The van der Waals surface area contributed by atoms with E-state index in [0.717, 1.165) is 45.1 Å². The van der Waals surface area contributed by atoms with Crippen molar-refractivity contribution in [1.29, 1.82) is 0 Å². The summed E-state index contributed by atoms with van der Waals surface area (Å²) in [4.78, 5) is 14.2. The van der Waals surface area contributed by atoms with Crippen molar-refractivity contribution < 1.29 is 14.6 Å². The summed E-state index contributed by atoms with van der Waals surface area (Å²) in [7, 11) is 1.46. The average Bonchev–Trinajstić information content (AvgIpc) is 2.40. The third-order valence-electron chi connectivity index (χ3n) is 3.84. The van der Waals surface area contributed by atoms with Crippen molar-refractivity contribution in [3.63, 3.8) is 0 Å². The number of hydrogen-bond acceptors (Lipinski definition) is 4. The molecule has 1 heterocycles. The van der Waals surface area contributed by atoms with E-state index in [0.29, 0.717) is 6.04 Å². The SMILES string of the molecule is CCCCC(C(=O)OC)N1CCCCC1CCO. The van der Waals surface area contributed by atoms with E-state index in [4.69, 9.17) is 9.84 Å². The predicted molar refractivity (Wildman–Crippen MR) is 71.4 cm³/mol. The fourth-order valence-corrected chi connectivity index (χ4v) is 2.84. The number of carbonyl (C=O) groups excluding carboxylic acids is 1. The summed E-state index contributed by atoms with van der Waals surface area (Å²) < 4.78 is 4.95. The van der Waals surface area contributed by atoms with Gasteiger partial charge in [0, 0.05) is 12.6 Å². The maximum absolute atomic E-state index is 11.9. The van der Waals surface area contributed by atoms with Crippen LogP contribution >= 0.6 is 0 Å². The van der Waals surface area contributed by atoms with Crippen LogP contribution in [0.4, 0.5) is 0 Å². The Bertz CT molecular complexity index is 243. The molecular formula is C14H27NO3. The van der Waals surface area contributed by atoms with Gasteiger partial charge in [0.2, 0.25) is 0 Å². The third-order valence-corrected chi connectivity index (χ3v) is 3.84. The summed E-state index contributed by atoms with van der Waals surface area (Å²) in [5.41, 5.74) is 0. The third kappa shape index (κ3) is 4.25. The van der Waals surface area contributed by atoms with Gasteiger partial charge in [-0.05, 0) is 32.2 Å². The van der Waals surface area contributed by atoms with Gasteiger partial charge in [0.1, 0.15) is 6.04 Å². The summed E-state index contributed by atoms with van der Waals surface area (Å²) in [6, 6.07) is 0.219. The highest BCUT2D eigenvalue weighted by atomic mass is 16.5. The number of rotatable bonds is 7. The van der Waals surface area contributed by atoms with Crippen molar-refractivity contribution in [3.8, 4) is 0 Å². The number of aliphatic hydroxyl groups is 1. The Morgan fingerprint density at radius 1 is 1.50 bits per heavy atom. The summed E-state index contributed by atoms with van der Waals surface area (Å²) in [5.74, 6) is -0.117. The number of piperidine rings is 1. The first-order valence-corrected chi connectivity index (χ1v) is 7.19. The van der Waals surface area contributed by atoms with Crippen LogP contribution in [0.15, 0.2) is 0 Å². The number of unbranched alkanes of at least 4 members (excludes halogenated alkanes) is 1. The molecule has 4 nitrogen and oxygen atoms in total. The highest BCUT2D eigenvalue weighted by Crippen LogP contribution is 2.24. The molecule has 1 aliphatic heterocycles. The molecule has 1 aliphatic rings. The molecule has 0 aromatic rings. The number of nitrogens with zero attached hydrogens (tertiary/aromatic N) is 1. The van der Waals surface area contributed by atoms with Crippen LogP contribution in [-0.4, -0.2) is 48.3 Å². The summed E-state index contributed by atoms with van der Waals surface area (Å²) >= 11 is 0. The van der Waals surface area contributed by atoms with Crippen LogP contribution in [0.1, 0.15) is 51.9 Å². The Balaban J connectivity index is 2.69. The van der Waals surface area contributed by atoms with Gasteiger partial charge in [0.25, 0.3) is 0 Å². The van der Waals surface area contributed by atoms with Gasteiger partial charge in [-0.25, -0.2) is 0 Å². The zero-order chi connectivity index (χ0) is 13.4. The lowest BCUT2D eigenvalue weighted by Gasteiger charge is -2.39. The molecule has 0 amide bonds. The maximum Gasteiger partial charge on any atom is 0.323 e. The molecule has 106 valence electrons. The lowest BCUT2D eigenvalue weighted by atomic mass is 9.95. The molecule has 4 heteroatoms. The highest BCUT2D eigenvalue weighted by Gasteiger charge is 2.32. The number of aliphatic hydroxyl groups excluding tert-OH is 1. The summed E-state index contributed by atoms with van der Waals surface area (Å²) in [6.07, 6.45) is 7.18. The van der Waals surface area contributed by atoms with Crippen LogP contribution in [0.25, 0.3) is 0 Å². The molecule has 0 spiro atoms. The minimum absolute atomic E-state index is 0.117. The molecule has 1 rings (SSSR count). The first kappa shape index (κ1) is 15.4. The average molecular weight is 257 g/mol. The number of hydrogen-bond donors (Lipinski definition) is 1. The van der Waals surface area contributed by atoms with Crippen molar-refractivity contribution in [2.24, 2.45) is 0 Å². The van der Waals surface area contributed by atoms with Crippen molar-refractivity contribution in [2.45, 2.75) is 64.0 Å². The molecule has 1 saturated heterocycles. The van der Waals surface area contributed by atoms with Crippen LogP contribution in [0, 0.1) is 0 Å². The minimum atomic E-state index is -0.119. The topological polar surface area (TPSA) is 49.8 Å². The monoisotopic (exact) mass is 257 g/mol. The number of likely N-dealkylation sites (tertiary alicyclic amines) is 1. The second kappa shape index (κ2) is 8.48. The van der Waals surface area contributed by atoms with E-state index in [1.807, 2.05) is 0 Å². The lowest BCUT2D eigenvalue weighted by Crippen LogP contribution is -2.50. The standard InChI is InChI=1S/C14H27NO3/c1-3-4-8-13(14(17)18-2)15-10-6-5-7-12(15)9-11-16/h12-13,16H,3-11H2,1-2H3. The van der Waals surface area contributed by atoms with E-state index in [9.17, 15) is 4.79 Å². The normalized spacial score (nSPS) is 22.7. The van der Waals surface area contributed by atoms with Gasteiger partial charge < -0.3 is 9.84 Å². The van der Waals surface area contributed by atoms with Crippen LogP contribution < -0.4 is 0 Å². The van der Waals surface area contributed by atoms with Crippen molar-refractivity contribution >= 4 is 5.97 Å². The number of methoxy groups -OCH3 is 1. The van der Waals surface area contributed by atoms with E-state index in [1.54, 1.807) is 0 Å². The van der Waals surface area contributed by atoms with E-state index >= 15 is 0 Å². The molecule has 2 atom stereocenters. The van der Waals surface area contributed by atoms with Crippen molar-refractivity contribution in [2.75, 3.05) is 20.3 Å². The molecule has 0 bridgehead atoms. The second-order valence-corrected chi connectivity index (χ2v) is 5.08. The van der Waals surface area contributed by atoms with Crippen molar-refractivity contribution in [1.82, 2.24) is 4.90 Å². The molecule has 18 heavy (non-hydrogen) atoms. The molecule has 1 N–H and O–H groups in total. The number of ether oxygens (including phenoxy) is 1. The van der Waals surface area contributed by atoms with Crippen LogP contribution in [-0.2, 0) is 9.53 Å². The molecular weight excluding hydrogens is 230 g/mol. The zero-order valence-electron chi connectivity index (χ0n) is 11.7. The largest absolute Gasteiger partial charge is 0.468 e. The van der Waals surface area contributed by atoms with E-state index in [-0.39, 0.29) is 18.6 Å². The second-order valence-electron chi connectivity index (χ2n) is 5.08. The fraction of sp³-hybridized carbons (Fsp3) is 0.929. The fourth-order valence-electron chi connectivity index (χ4n) is 2.84. The summed E-state index contributed by atoms with van der Waals surface area (Å²) in [5, 5.41) is 9.15. The minimum Gasteiger partial charge on any atom is -0.468 e. The Morgan fingerprint density at radius 3 is 2.89 bits per heavy atom. The van der Waals surface area contributed by atoms with Gasteiger partial charge in [-0.15, -0.1) is 0 Å². The molecule has 0 aliphatic carbocycles. The Morgan fingerprint density at radius 2 is 2.28 bits per heavy atom. The predicted octanol–water partition coefficient (Wildman–Crippen LogP) is 1.96. The van der Waals surface area contributed by atoms with E-state index in [1.165, 1.54) is 13.5 Å². The number of carbonyl (C=O) groups is 1. The van der Waals surface area contributed by atoms with Gasteiger partial charge in [0.15, 0.2) is 0 Å². The molecule has 0 saturated carbocycles. The lowest BCUT2D eigenvalue weighted by molar-refractivity contribution is -0.149. The first-order chi connectivity index (χ1) is 8.74. The Hall–Kier alpha value is -0.610. The summed E-state index contributed by atoms with van der Waals surface area (Å²) in [6.45, 7) is 3.28.